The highest BCUT2D eigenvalue weighted by Crippen LogP contribution is 2.58. The number of fused-ring (bicyclic) bond motifs is 1. The molecule has 3 saturated heterocycles. The van der Waals surface area contributed by atoms with E-state index in [9.17, 15) is 19.5 Å². The van der Waals surface area contributed by atoms with Gasteiger partial charge in [0.25, 0.3) is 0 Å². The summed E-state index contributed by atoms with van der Waals surface area (Å²) in [6.07, 6.45) is 1.21. The molecule has 0 saturated carbocycles. The number of carbonyl (C=O) groups is 3. The lowest BCUT2D eigenvalue weighted by atomic mass is 9.70. The number of ether oxygens (including phenoxy) is 1. The zero-order chi connectivity index (χ0) is 22.3. The van der Waals surface area contributed by atoms with Crippen LogP contribution in [0.25, 0.3) is 0 Å². The van der Waals surface area contributed by atoms with Crippen molar-refractivity contribution in [1.82, 2.24) is 15.5 Å². The van der Waals surface area contributed by atoms with Gasteiger partial charge < -0.3 is 25.4 Å². The van der Waals surface area contributed by atoms with Gasteiger partial charge in [0.2, 0.25) is 17.7 Å². The first-order valence-corrected chi connectivity index (χ1v) is 11.0. The molecule has 3 amide bonds. The number of likely N-dealkylation sites (tertiary alicyclic amines) is 1. The van der Waals surface area contributed by atoms with Crippen molar-refractivity contribution in [3.8, 4) is 0 Å². The second-order valence-corrected chi connectivity index (χ2v) is 9.11. The zero-order valence-electron chi connectivity index (χ0n) is 18.2. The molecule has 168 valence electrons. The molecule has 0 aliphatic carbocycles. The normalized spacial score (nSPS) is 32.3. The standard InChI is InChI=1S/C23H31N3O5/c1-13(2)25-21(29)19-23-10-9-16(31-23)17(20(28)24-3)18(23)22(30)26(19)15(12-27)11-14-7-5-4-6-8-14/h4-8,13,15-19,27H,9-12H2,1-3H3,(H,24,28)(H,25,29)/t15-,16-,17+,18+,19?,23?/m1/s1. The van der Waals surface area contributed by atoms with E-state index in [0.717, 1.165) is 5.56 Å². The summed E-state index contributed by atoms with van der Waals surface area (Å²) in [5, 5.41) is 15.8. The number of rotatable bonds is 7. The monoisotopic (exact) mass is 429 g/mol. The van der Waals surface area contributed by atoms with Crippen molar-refractivity contribution in [1.29, 1.82) is 0 Å². The molecular weight excluding hydrogens is 398 g/mol. The van der Waals surface area contributed by atoms with Gasteiger partial charge in [-0.05, 0) is 38.7 Å². The third-order valence-electron chi connectivity index (χ3n) is 6.88. The number of hydrogen-bond donors (Lipinski definition) is 3. The lowest BCUT2D eigenvalue weighted by Crippen LogP contribution is -2.59. The summed E-state index contributed by atoms with van der Waals surface area (Å²) in [6.45, 7) is 3.44. The van der Waals surface area contributed by atoms with Crippen molar-refractivity contribution < 1.29 is 24.2 Å². The molecule has 1 aromatic carbocycles. The number of amides is 3. The minimum Gasteiger partial charge on any atom is -0.394 e. The van der Waals surface area contributed by atoms with Crippen LogP contribution < -0.4 is 10.6 Å². The van der Waals surface area contributed by atoms with Gasteiger partial charge >= 0.3 is 0 Å². The fraction of sp³-hybridized carbons (Fsp3) is 0.609. The SMILES string of the molecule is CNC(=O)[C@@H]1[C@H]2C(=O)N([C@@H](CO)Cc3ccccc3)C(C(=O)NC(C)C)C23CC[C@H]1O3. The maximum absolute atomic E-state index is 13.8. The van der Waals surface area contributed by atoms with Crippen molar-refractivity contribution in [3.05, 3.63) is 35.9 Å². The van der Waals surface area contributed by atoms with Crippen LogP contribution in [-0.2, 0) is 25.5 Å². The molecule has 3 N–H and O–H groups in total. The summed E-state index contributed by atoms with van der Waals surface area (Å²) in [6, 6.07) is 7.98. The minimum absolute atomic E-state index is 0.116. The minimum atomic E-state index is -1.04. The first-order chi connectivity index (χ1) is 14.8. The number of nitrogens with one attached hydrogen (secondary N) is 2. The molecule has 3 fully saturated rings. The van der Waals surface area contributed by atoms with Gasteiger partial charge in [0.1, 0.15) is 11.6 Å². The van der Waals surface area contributed by atoms with Crippen molar-refractivity contribution >= 4 is 17.7 Å². The highest BCUT2D eigenvalue weighted by Gasteiger charge is 2.74. The smallest absolute Gasteiger partial charge is 0.246 e. The second-order valence-electron chi connectivity index (χ2n) is 9.11. The predicted octanol–water partition coefficient (Wildman–Crippen LogP) is 0.235. The molecule has 3 aliphatic rings. The summed E-state index contributed by atoms with van der Waals surface area (Å²) >= 11 is 0. The summed E-state index contributed by atoms with van der Waals surface area (Å²) in [4.78, 5) is 41.3. The van der Waals surface area contributed by atoms with Gasteiger partial charge in [-0.1, -0.05) is 30.3 Å². The third kappa shape index (κ3) is 3.42. The number of aliphatic hydroxyl groups is 1. The van der Waals surface area contributed by atoms with Crippen molar-refractivity contribution in [2.45, 2.75) is 62.9 Å². The predicted molar refractivity (Wildman–Crippen MR) is 113 cm³/mol. The van der Waals surface area contributed by atoms with Crippen molar-refractivity contribution in [2.24, 2.45) is 11.8 Å². The molecule has 3 aliphatic heterocycles. The van der Waals surface area contributed by atoms with E-state index in [1.165, 1.54) is 4.90 Å². The Hall–Kier alpha value is -2.45. The van der Waals surface area contributed by atoms with Gasteiger partial charge in [-0.2, -0.15) is 0 Å². The first-order valence-electron chi connectivity index (χ1n) is 11.0. The van der Waals surface area contributed by atoms with E-state index < -0.39 is 29.5 Å². The number of benzene rings is 1. The number of nitrogens with zero attached hydrogens (tertiary/aromatic N) is 1. The fourth-order valence-corrected chi connectivity index (χ4v) is 5.75. The maximum atomic E-state index is 13.8. The Labute approximate surface area is 182 Å². The number of aliphatic hydroxyl groups excluding tert-OH is 1. The number of hydrogen-bond acceptors (Lipinski definition) is 5. The Kier molecular flexibility index (Phi) is 5.79. The van der Waals surface area contributed by atoms with Gasteiger partial charge in [-0.25, -0.2) is 0 Å². The molecule has 1 spiro atoms. The topological polar surface area (TPSA) is 108 Å². The largest absolute Gasteiger partial charge is 0.394 e. The second kappa shape index (κ2) is 8.24. The van der Waals surface area contributed by atoms with Crippen LogP contribution in [0.1, 0.15) is 32.3 Å². The van der Waals surface area contributed by atoms with Crippen LogP contribution in [0, 0.1) is 11.8 Å². The Morgan fingerprint density at radius 1 is 1.26 bits per heavy atom. The van der Waals surface area contributed by atoms with Crippen LogP contribution in [0.15, 0.2) is 30.3 Å². The first kappa shape index (κ1) is 21.8. The molecule has 8 heteroatoms. The van der Waals surface area contributed by atoms with Crippen LogP contribution in [0.4, 0.5) is 0 Å². The van der Waals surface area contributed by atoms with E-state index in [4.69, 9.17) is 4.74 Å². The Morgan fingerprint density at radius 2 is 1.97 bits per heavy atom. The molecule has 2 bridgehead atoms. The van der Waals surface area contributed by atoms with Crippen LogP contribution in [0.2, 0.25) is 0 Å². The maximum Gasteiger partial charge on any atom is 0.246 e. The summed E-state index contributed by atoms with van der Waals surface area (Å²) < 4.78 is 6.31. The lowest BCUT2D eigenvalue weighted by molar-refractivity contribution is -0.145. The molecule has 3 heterocycles. The van der Waals surface area contributed by atoms with E-state index in [-0.39, 0.29) is 36.5 Å². The molecule has 0 aromatic heterocycles. The van der Waals surface area contributed by atoms with Gasteiger partial charge in [-0.15, -0.1) is 0 Å². The average Bonchev–Trinajstić information content (AvgIpc) is 3.39. The molecule has 31 heavy (non-hydrogen) atoms. The summed E-state index contributed by atoms with van der Waals surface area (Å²) in [7, 11) is 1.55. The molecule has 4 rings (SSSR count). The molecular formula is C23H31N3O5. The highest BCUT2D eigenvalue weighted by molar-refractivity contribution is 5.99. The van der Waals surface area contributed by atoms with Gasteiger partial charge in [0.05, 0.1) is 30.6 Å². The molecule has 8 nitrogen and oxygen atoms in total. The lowest BCUT2D eigenvalue weighted by Gasteiger charge is -2.37. The van der Waals surface area contributed by atoms with Crippen LogP contribution in [0.5, 0.6) is 0 Å². The Bertz CT molecular complexity index is 860. The zero-order valence-corrected chi connectivity index (χ0v) is 18.2. The molecule has 2 unspecified atom stereocenters. The average molecular weight is 430 g/mol. The van der Waals surface area contributed by atoms with Gasteiger partial charge in [-0.3, -0.25) is 14.4 Å². The van der Waals surface area contributed by atoms with Crippen LogP contribution in [0.3, 0.4) is 0 Å². The van der Waals surface area contributed by atoms with E-state index in [2.05, 4.69) is 10.6 Å². The van der Waals surface area contributed by atoms with E-state index in [1.807, 2.05) is 44.2 Å². The van der Waals surface area contributed by atoms with Crippen LogP contribution >= 0.6 is 0 Å². The van der Waals surface area contributed by atoms with Crippen molar-refractivity contribution in [2.75, 3.05) is 13.7 Å². The van der Waals surface area contributed by atoms with E-state index >= 15 is 0 Å². The van der Waals surface area contributed by atoms with E-state index in [1.54, 1.807) is 7.05 Å². The van der Waals surface area contributed by atoms with Gasteiger partial charge in [0, 0.05) is 13.1 Å². The van der Waals surface area contributed by atoms with Crippen molar-refractivity contribution in [3.63, 3.8) is 0 Å². The summed E-state index contributed by atoms with van der Waals surface area (Å²) in [5.41, 5.74) is -0.0813. The molecule has 0 radical (unpaired) electrons. The molecule has 1 aromatic rings. The fourth-order valence-electron chi connectivity index (χ4n) is 5.75. The highest BCUT2D eigenvalue weighted by atomic mass is 16.5. The Morgan fingerprint density at radius 3 is 2.58 bits per heavy atom. The third-order valence-corrected chi connectivity index (χ3v) is 6.88. The van der Waals surface area contributed by atoms with Crippen LogP contribution in [-0.4, -0.2) is 71.2 Å². The number of carbonyl (C=O) groups excluding carboxylic acids is 3. The molecule has 6 atom stereocenters. The van der Waals surface area contributed by atoms with E-state index in [0.29, 0.717) is 19.3 Å². The van der Waals surface area contributed by atoms with Gasteiger partial charge in [0.15, 0.2) is 0 Å². The Balaban J connectivity index is 1.75. The summed E-state index contributed by atoms with van der Waals surface area (Å²) in [5.74, 6) is -2.16. The quantitative estimate of drug-likeness (QED) is 0.575.